The van der Waals surface area contributed by atoms with Gasteiger partial charge in [-0.1, -0.05) is 17.7 Å². The molecule has 3 aromatic rings. The van der Waals surface area contributed by atoms with Gasteiger partial charge in [-0.3, -0.25) is 0 Å². The molecule has 0 fully saturated rings. The van der Waals surface area contributed by atoms with Crippen LogP contribution in [0.25, 0.3) is 17.1 Å². The average Bonchev–Trinajstić information content (AvgIpc) is 2.98. The van der Waals surface area contributed by atoms with E-state index in [1.807, 2.05) is 16.8 Å². The van der Waals surface area contributed by atoms with Crippen molar-refractivity contribution < 1.29 is 0 Å². The van der Waals surface area contributed by atoms with E-state index in [0.717, 1.165) is 5.69 Å². The maximum absolute atomic E-state index is 6.17. The van der Waals surface area contributed by atoms with Gasteiger partial charge in [0.15, 0.2) is 5.82 Å². The molecule has 0 aliphatic rings. The molecule has 90 valence electrons. The number of tetrazole rings is 1. The van der Waals surface area contributed by atoms with E-state index in [9.17, 15) is 0 Å². The second-order valence-corrected chi connectivity index (χ2v) is 4.79. The fourth-order valence-corrected chi connectivity index (χ4v) is 2.55. The van der Waals surface area contributed by atoms with Crippen molar-refractivity contribution in [1.29, 1.82) is 0 Å². The number of thiophene rings is 1. The van der Waals surface area contributed by atoms with Crippen LogP contribution in [0.1, 0.15) is 0 Å². The van der Waals surface area contributed by atoms with Crippen LogP contribution < -0.4 is 5.73 Å². The van der Waals surface area contributed by atoms with Gasteiger partial charge in [0, 0.05) is 11.1 Å². The summed E-state index contributed by atoms with van der Waals surface area (Å²) in [4.78, 5) is 0. The number of nitrogen functional groups attached to an aromatic ring is 1. The van der Waals surface area contributed by atoms with Crippen molar-refractivity contribution in [3.05, 3.63) is 40.0 Å². The number of aromatic nitrogens is 4. The summed E-state index contributed by atoms with van der Waals surface area (Å²) in [6, 6.07) is 7.26. The number of nitrogens with zero attached hydrogens (tertiary/aromatic N) is 4. The highest BCUT2D eigenvalue weighted by Crippen LogP contribution is 2.32. The summed E-state index contributed by atoms with van der Waals surface area (Å²) in [5, 5.41) is 16.1. The molecule has 0 amide bonds. The van der Waals surface area contributed by atoms with Gasteiger partial charge in [-0.15, -0.1) is 5.10 Å². The van der Waals surface area contributed by atoms with Crippen LogP contribution in [0.2, 0.25) is 5.02 Å². The lowest BCUT2D eigenvalue weighted by Crippen LogP contribution is -2.01. The van der Waals surface area contributed by atoms with Crippen molar-refractivity contribution in [3.63, 3.8) is 0 Å². The van der Waals surface area contributed by atoms with Crippen molar-refractivity contribution in [3.8, 4) is 17.1 Å². The Morgan fingerprint density at radius 1 is 1.28 bits per heavy atom. The second-order valence-electron chi connectivity index (χ2n) is 3.60. The summed E-state index contributed by atoms with van der Waals surface area (Å²) in [7, 11) is 0. The molecule has 0 aliphatic heterocycles. The third kappa shape index (κ3) is 1.75. The number of benzene rings is 1. The molecule has 0 spiro atoms. The molecule has 7 heteroatoms. The average molecular weight is 278 g/mol. The molecule has 5 nitrogen and oxygen atoms in total. The molecular formula is C11H8ClN5S. The maximum atomic E-state index is 6.17. The first-order valence-electron chi connectivity index (χ1n) is 5.12. The summed E-state index contributed by atoms with van der Waals surface area (Å²) in [6.07, 6.45) is 0. The van der Waals surface area contributed by atoms with Crippen LogP contribution in [0, 0.1) is 0 Å². The number of nitrogens with two attached hydrogens (primary N) is 1. The van der Waals surface area contributed by atoms with Crippen molar-refractivity contribution in [2.75, 3.05) is 5.73 Å². The number of halogens is 1. The predicted molar refractivity (Wildman–Crippen MR) is 71.9 cm³/mol. The number of hydrogen-bond donors (Lipinski definition) is 1. The molecule has 1 aromatic carbocycles. The largest absolute Gasteiger partial charge is 0.398 e. The Morgan fingerprint density at radius 3 is 2.89 bits per heavy atom. The lowest BCUT2D eigenvalue weighted by molar-refractivity contribution is 0.793. The minimum atomic E-state index is 0.529. The van der Waals surface area contributed by atoms with Crippen LogP contribution in [0.5, 0.6) is 0 Å². The van der Waals surface area contributed by atoms with Gasteiger partial charge in [0.25, 0.3) is 0 Å². The zero-order valence-electron chi connectivity index (χ0n) is 9.12. The fourth-order valence-electron chi connectivity index (χ4n) is 1.67. The monoisotopic (exact) mass is 277 g/mol. The van der Waals surface area contributed by atoms with Gasteiger partial charge >= 0.3 is 0 Å². The lowest BCUT2D eigenvalue weighted by atomic mass is 10.1. The molecule has 2 N–H and O–H groups in total. The minimum Gasteiger partial charge on any atom is -0.398 e. The SMILES string of the molecule is Nc1cccc(Cl)c1-c1nnnn1-c1ccsc1. The number of hydrogen-bond acceptors (Lipinski definition) is 5. The molecule has 0 aliphatic carbocycles. The predicted octanol–water partition coefficient (Wildman–Crippen LogP) is 2.63. The van der Waals surface area contributed by atoms with E-state index < -0.39 is 0 Å². The van der Waals surface area contributed by atoms with E-state index >= 15 is 0 Å². The molecule has 0 saturated carbocycles. The van der Waals surface area contributed by atoms with Crippen LogP contribution in [-0.4, -0.2) is 20.2 Å². The molecule has 0 bridgehead atoms. The Balaban J connectivity index is 2.22. The third-order valence-electron chi connectivity index (χ3n) is 2.49. The molecule has 18 heavy (non-hydrogen) atoms. The highest BCUT2D eigenvalue weighted by atomic mass is 35.5. The van der Waals surface area contributed by atoms with E-state index in [1.54, 1.807) is 34.2 Å². The summed E-state index contributed by atoms with van der Waals surface area (Å²) in [5.41, 5.74) is 8.03. The summed E-state index contributed by atoms with van der Waals surface area (Å²) in [5.74, 6) is 0.538. The number of rotatable bonds is 2. The number of anilines is 1. The molecule has 0 atom stereocenters. The first-order valence-corrected chi connectivity index (χ1v) is 6.45. The van der Waals surface area contributed by atoms with Gasteiger partial charge in [-0.25, -0.2) is 0 Å². The van der Waals surface area contributed by atoms with Crippen LogP contribution >= 0.6 is 22.9 Å². The molecule has 3 rings (SSSR count). The van der Waals surface area contributed by atoms with Gasteiger partial charge in [-0.05, 0) is 34.0 Å². The summed E-state index contributed by atoms with van der Waals surface area (Å²) < 4.78 is 1.62. The van der Waals surface area contributed by atoms with Crippen molar-refractivity contribution >= 4 is 28.6 Å². The highest BCUT2D eigenvalue weighted by molar-refractivity contribution is 7.08. The molecule has 0 unspecified atom stereocenters. The van der Waals surface area contributed by atoms with Gasteiger partial charge in [0.1, 0.15) is 0 Å². The quantitative estimate of drug-likeness (QED) is 0.731. The molecular weight excluding hydrogens is 270 g/mol. The van der Waals surface area contributed by atoms with Crippen LogP contribution in [0.4, 0.5) is 5.69 Å². The van der Waals surface area contributed by atoms with E-state index in [4.69, 9.17) is 17.3 Å². The molecule has 0 radical (unpaired) electrons. The van der Waals surface area contributed by atoms with Crippen molar-refractivity contribution in [1.82, 2.24) is 20.2 Å². The van der Waals surface area contributed by atoms with E-state index in [1.165, 1.54) is 0 Å². The second kappa shape index (κ2) is 4.40. The Morgan fingerprint density at radius 2 is 2.17 bits per heavy atom. The van der Waals surface area contributed by atoms with Gasteiger partial charge in [0.05, 0.1) is 16.3 Å². The Bertz CT molecular complexity index is 656. The van der Waals surface area contributed by atoms with Gasteiger partial charge in [0.2, 0.25) is 0 Å². The van der Waals surface area contributed by atoms with Crippen molar-refractivity contribution in [2.45, 2.75) is 0 Å². The fraction of sp³-hybridized carbons (Fsp3) is 0. The standard InChI is InChI=1S/C11H8ClN5S/c12-8-2-1-3-9(13)10(8)11-14-15-16-17(11)7-4-5-18-6-7/h1-6H,13H2. The summed E-state index contributed by atoms with van der Waals surface area (Å²) in [6.45, 7) is 0. The summed E-state index contributed by atoms with van der Waals surface area (Å²) >= 11 is 7.74. The van der Waals surface area contributed by atoms with E-state index in [2.05, 4.69) is 15.5 Å². The normalized spacial score (nSPS) is 10.7. The van der Waals surface area contributed by atoms with Crippen LogP contribution in [0.3, 0.4) is 0 Å². The zero-order chi connectivity index (χ0) is 12.5. The Kier molecular flexibility index (Phi) is 2.73. The topological polar surface area (TPSA) is 69.6 Å². The Labute approximate surface area is 112 Å². The maximum Gasteiger partial charge on any atom is 0.190 e. The van der Waals surface area contributed by atoms with Gasteiger partial charge in [-0.2, -0.15) is 16.0 Å². The molecule has 2 heterocycles. The first kappa shape index (κ1) is 11.2. The highest BCUT2D eigenvalue weighted by Gasteiger charge is 2.16. The first-order chi connectivity index (χ1) is 8.77. The van der Waals surface area contributed by atoms with E-state index in [-0.39, 0.29) is 0 Å². The van der Waals surface area contributed by atoms with Crippen molar-refractivity contribution in [2.24, 2.45) is 0 Å². The Hall–Kier alpha value is -1.92. The van der Waals surface area contributed by atoms with E-state index in [0.29, 0.717) is 22.1 Å². The third-order valence-corrected chi connectivity index (χ3v) is 3.48. The molecule has 0 saturated heterocycles. The smallest absolute Gasteiger partial charge is 0.190 e. The van der Waals surface area contributed by atoms with Gasteiger partial charge < -0.3 is 5.73 Å². The molecule has 2 aromatic heterocycles. The van der Waals surface area contributed by atoms with Crippen LogP contribution in [-0.2, 0) is 0 Å². The van der Waals surface area contributed by atoms with Crippen LogP contribution in [0.15, 0.2) is 35.0 Å². The minimum absolute atomic E-state index is 0.529. The zero-order valence-corrected chi connectivity index (χ0v) is 10.7. The lowest BCUT2D eigenvalue weighted by Gasteiger charge is -2.07.